The summed E-state index contributed by atoms with van der Waals surface area (Å²) < 4.78 is 7.67. The molecule has 0 aliphatic heterocycles. The van der Waals surface area contributed by atoms with Crippen LogP contribution in [-0.2, 0) is 19.4 Å². The predicted octanol–water partition coefficient (Wildman–Crippen LogP) is 2.77. The average molecular weight is 317 g/mol. The number of ether oxygens (including phenoxy) is 1. The van der Waals surface area contributed by atoms with Crippen molar-refractivity contribution < 1.29 is 9.84 Å². The summed E-state index contributed by atoms with van der Waals surface area (Å²) in [5.74, 6) is 2.59. The van der Waals surface area contributed by atoms with E-state index in [4.69, 9.17) is 4.74 Å². The summed E-state index contributed by atoms with van der Waals surface area (Å²) in [4.78, 5) is 4.46. The summed E-state index contributed by atoms with van der Waals surface area (Å²) in [5.41, 5.74) is 3.40. The lowest BCUT2D eigenvalue weighted by atomic mass is 10.1. The number of aliphatic hydroxyl groups excluding tert-OH is 1. The van der Waals surface area contributed by atoms with Gasteiger partial charge in [0.1, 0.15) is 24.3 Å². The van der Waals surface area contributed by atoms with E-state index in [1.165, 1.54) is 5.56 Å². The molecule has 1 unspecified atom stereocenters. The molecule has 0 bridgehead atoms. The zero-order valence-electron chi connectivity index (χ0n) is 14.8. The minimum Gasteiger partial charge on any atom is -0.490 e. The highest BCUT2D eigenvalue weighted by molar-refractivity contribution is 5.44. The van der Waals surface area contributed by atoms with Gasteiger partial charge in [-0.05, 0) is 37.5 Å². The number of benzene rings is 1. The Morgan fingerprint density at radius 2 is 1.83 bits per heavy atom. The maximum Gasteiger partial charge on any atom is 0.150 e. The van der Waals surface area contributed by atoms with E-state index >= 15 is 0 Å². The van der Waals surface area contributed by atoms with Gasteiger partial charge in [-0.1, -0.05) is 26.0 Å². The minimum absolute atomic E-state index is 0.246. The fourth-order valence-electron chi connectivity index (χ4n) is 2.56. The van der Waals surface area contributed by atoms with Gasteiger partial charge in [-0.3, -0.25) is 0 Å². The molecular weight excluding hydrogens is 290 g/mol. The van der Waals surface area contributed by atoms with Crippen LogP contribution in [0.15, 0.2) is 12.1 Å². The lowest BCUT2D eigenvalue weighted by molar-refractivity contribution is 0.0877. The smallest absolute Gasteiger partial charge is 0.150 e. The summed E-state index contributed by atoms with van der Waals surface area (Å²) in [6.07, 6.45) is 0.983. The first kappa shape index (κ1) is 17.5. The number of aliphatic hydroxyl groups is 1. The molecule has 2 aromatic rings. The van der Waals surface area contributed by atoms with E-state index in [0.717, 1.165) is 41.4 Å². The van der Waals surface area contributed by atoms with Crippen LogP contribution in [0.3, 0.4) is 0 Å². The third-order valence-corrected chi connectivity index (χ3v) is 4.10. The van der Waals surface area contributed by atoms with Crippen molar-refractivity contribution in [3.05, 3.63) is 40.5 Å². The topological polar surface area (TPSA) is 60.2 Å². The summed E-state index contributed by atoms with van der Waals surface area (Å²) >= 11 is 0. The largest absolute Gasteiger partial charge is 0.490 e. The molecule has 0 amide bonds. The molecule has 23 heavy (non-hydrogen) atoms. The normalized spacial score (nSPS) is 12.4. The van der Waals surface area contributed by atoms with E-state index in [2.05, 4.69) is 23.1 Å². The van der Waals surface area contributed by atoms with Crippen molar-refractivity contribution >= 4 is 0 Å². The van der Waals surface area contributed by atoms with Crippen LogP contribution in [0.4, 0.5) is 0 Å². The Bertz CT molecular complexity index is 665. The standard InChI is InChI=1S/C18H27N3O2/c1-6-16-19-17(7-2)21(20-16)10-15(22)11-23-18-13(4)9-8-12(3)14(18)5/h8-9,15,22H,6-7,10-11H2,1-5H3. The molecule has 1 aromatic heterocycles. The second-order valence-corrected chi connectivity index (χ2v) is 5.95. The number of aromatic nitrogens is 3. The Balaban J connectivity index is 2.02. The maximum atomic E-state index is 10.3. The van der Waals surface area contributed by atoms with E-state index in [0.29, 0.717) is 6.54 Å². The molecule has 0 radical (unpaired) electrons. The molecule has 1 N–H and O–H groups in total. The molecule has 0 aliphatic rings. The SMILES string of the molecule is CCc1nc(CC)n(CC(O)COc2c(C)ccc(C)c2C)n1. The van der Waals surface area contributed by atoms with Crippen molar-refractivity contribution in [2.75, 3.05) is 6.61 Å². The van der Waals surface area contributed by atoms with Gasteiger partial charge in [0.25, 0.3) is 0 Å². The van der Waals surface area contributed by atoms with Crippen molar-refractivity contribution in [2.45, 2.75) is 60.1 Å². The Morgan fingerprint density at radius 3 is 2.48 bits per heavy atom. The van der Waals surface area contributed by atoms with E-state index < -0.39 is 6.10 Å². The lowest BCUT2D eigenvalue weighted by Crippen LogP contribution is -2.25. The van der Waals surface area contributed by atoms with Crippen LogP contribution in [-0.4, -0.2) is 32.6 Å². The molecule has 0 spiro atoms. The maximum absolute atomic E-state index is 10.3. The van der Waals surface area contributed by atoms with Crippen molar-refractivity contribution in [2.24, 2.45) is 0 Å². The van der Waals surface area contributed by atoms with Crippen LogP contribution in [0.25, 0.3) is 0 Å². The lowest BCUT2D eigenvalue weighted by Gasteiger charge is -2.17. The molecule has 2 rings (SSSR count). The monoisotopic (exact) mass is 317 g/mol. The van der Waals surface area contributed by atoms with Gasteiger partial charge < -0.3 is 9.84 Å². The van der Waals surface area contributed by atoms with Gasteiger partial charge in [0.15, 0.2) is 5.82 Å². The van der Waals surface area contributed by atoms with Gasteiger partial charge in [-0.15, -0.1) is 0 Å². The van der Waals surface area contributed by atoms with Crippen LogP contribution in [0.1, 0.15) is 42.2 Å². The van der Waals surface area contributed by atoms with Crippen molar-refractivity contribution in [1.29, 1.82) is 0 Å². The Labute approximate surface area is 138 Å². The molecule has 5 heteroatoms. The fourth-order valence-corrected chi connectivity index (χ4v) is 2.56. The summed E-state index contributed by atoms with van der Waals surface area (Å²) in [7, 11) is 0. The second kappa shape index (κ2) is 7.59. The zero-order valence-corrected chi connectivity index (χ0v) is 14.8. The van der Waals surface area contributed by atoms with Crippen molar-refractivity contribution in [3.8, 4) is 5.75 Å². The average Bonchev–Trinajstić information content (AvgIpc) is 2.93. The zero-order chi connectivity index (χ0) is 17.0. The number of rotatable bonds is 7. The molecular formula is C18H27N3O2. The molecule has 0 saturated carbocycles. The highest BCUT2D eigenvalue weighted by Gasteiger charge is 2.14. The summed E-state index contributed by atoms with van der Waals surface area (Å²) in [5, 5.41) is 14.7. The highest BCUT2D eigenvalue weighted by Crippen LogP contribution is 2.25. The molecule has 0 saturated heterocycles. The van der Waals surface area contributed by atoms with Crippen LogP contribution in [0.2, 0.25) is 0 Å². The Hall–Kier alpha value is -1.88. The van der Waals surface area contributed by atoms with Gasteiger partial charge in [0, 0.05) is 12.8 Å². The van der Waals surface area contributed by atoms with Crippen molar-refractivity contribution in [3.63, 3.8) is 0 Å². The molecule has 1 heterocycles. The van der Waals surface area contributed by atoms with E-state index in [-0.39, 0.29) is 6.61 Å². The van der Waals surface area contributed by atoms with Gasteiger partial charge in [-0.25, -0.2) is 9.67 Å². The molecule has 126 valence electrons. The van der Waals surface area contributed by atoms with Gasteiger partial charge >= 0.3 is 0 Å². The quantitative estimate of drug-likeness (QED) is 0.853. The molecule has 1 atom stereocenters. The third kappa shape index (κ3) is 4.10. The molecule has 0 aliphatic carbocycles. The van der Waals surface area contributed by atoms with Gasteiger partial charge in [0.2, 0.25) is 0 Å². The molecule has 0 fully saturated rings. The molecule has 5 nitrogen and oxygen atoms in total. The molecule has 1 aromatic carbocycles. The first-order valence-electron chi connectivity index (χ1n) is 8.26. The number of nitrogens with zero attached hydrogens (tertiary/aromatic N) is 3. The summed E-state index contributed by atoms with van der Waals surface area (Å²) in [6, 6.07) is 4.13. The first-order chi connectivity index (χ1) is 11.0. The third-order valence-electron chi connectivity index (χ3n) is 4.10. The minimum atomic E-state index is -0.619. The van der Waals surface area contributed by atoms with E-state index in [1.807, 2.05) is 33.8 Å². The van der Waals surface area contributed by atoms with Gasteiger partial charge in [0.05, 0.1) is 6.54 Å². The van der Waals surface area contributed by atoms with Crippen LogP contribution < -0.4 is 4.74 Å². The number of hydrogen-bond acceptors (Lipinski definition) is 4. The first-order valence-corrected chi connectivity index (χ1v) is 8.26. The Morgan fingerprint density at radius 1 is 1.13 bits per heavy atom. The predicted molar refractivity (Wildman–Crippen MR) is 90.9 cm³/mol. The van der Waals surface area contributed by atoms with Gasteiger partial charge in [-0.2, -0.15) is 5.10 Å². The van der Waals surface area contributed by atoms with E-state index in [9.17, 15) is 5.11 Å². The summed E-state index contributed by atoms with van der Waals surface area (Å²) in [6.45, 7) is 10.9. The van der Waals surface area contributed by atoms with Crippen LogP contribution in [0.5, 0.6) is 5.75 Å². The number of aryl methyl sites for hydroxylation is 4. The van der Waals surface area contributed by atoms with Crippen LogP contribution >= 0.6 is 0 Å². The number of hydrogen-bond donors (Lipinski definition) is 1. The second-order valence-electron chi connectivity index (χ2n) is 5.95. The van der Waals surface area contributed by atoms with E-state index in [1.54, 1.807) is 4.68 Å². The highest BCUT2D eigenvalue weighted by atomic mass is 16.5. The van der Waals surface area contributed by atoms with Crippen molar-refractivity contribution in [1.82, 2.24) is 14.8 Å². The Kier molecular flexibility index (Phi) is 5.77. The van der Waals surface area contributed by atoms with Crippen LogP contribution in [0, 0.1) is 20.8 Å². The fraction of sp³-hybridized carbons (Fsp3) is 0.556.